The van der Waals surface area contributed by atoms with Gasteiger partial charge >= 0.3 is 0 Å². The molecule has 2 unspecified atom stereocenters. The summed E-state index contributed by atoms with van der Waals surface area (Å²) < 4.78 is 1.98. The minimum atomic E-state index is -0.152. The highest BCUT2D eigenvalue weighted by atomic mass is 16.3. The molecule has 0 aromatic carbocycles. The number of carbonyl (C=O) groups excluding carboxylic acids is 1. The molecule has 6 heteroatoms. The quantitative estimate of drug-likeness (QED) is 0.893. The summed E-state index contributed by atoms with van der Waals surface area (Å²) in [5.74, 6) is 0.207. The van der Waals surface area contributed by atoms with Crippen molar-refractivity contribution < 1.29 is 9.90 Å². The number of hydrogen-bond acceptors (Lipinski definition) is 4. The van der Waals surface area contributed by atoms with Crippen LogP contribution in [0.2, 0.25) is 0 Å². The first-order chi connectivity index (χ1) is 10.2. The molecule has 1 saturated carbocycles. The third-order valence-corrected chi connectivity index (χ3v) is 5.15. The van der Waals surface area contributed by atoms with Crippen molar-refractivity contribution in [2.75, 3.05) is 24.5 Å². The molecule has 2 saturated heterocycles. The van der Waals surface area contributed by atoms with E-state index in [0.29, 0.717) is 18.5 Å². The van der Waals surface area contributed by atoms with Gasteiger partial charge < -0.3 is 10.0 Å². The van der Waals surface area contributed by atoms with Crippen LogP contribution in [-0.4, -0.2) is 57.5 Å². The molecule has 0 bridgehead atoms. The predicted octanol–water partition coefficient (Wildman–Crippen LogP) is 0.780. The summed E-state index contributed by atoms with van der Waals surface area (Å²) >= 11 is 0. The van der Waals surface area contributed by atoms with E-state index in [1.165, 1.54) is 0 Å². The van der Waals surface area contributed by atoms with Crippen molar-refractivity contribution in [3.63, 3.8) is 0 Å². The number of anilines is 1. The van der Waals surface area contributed by atoms with Crippen LogP contribution >= 0.6 is 0 Å². The Hall–Kier alpha value is -1.40. The molecule has 114 valence electrons. The zero-order chi connectivity index (χ0) is 14.4. The summed E-state index contributed by atoms with van der Waals surface area (Å²) in [6.07, 6.45) is 8.43. The lowest BCUT2D eigenvalue weighted by molar-refractivity contribution is -0.117. The zero-order valence-corrected chi connectivity index (χ0v) is 12.2. The second-order valence-electron chi connectivity index (χ2n) is 6.50. The molecule has 4 rings (SSSR count). The molecule has 0 radical (unpaired) electrons. The van der Waals surface area contributed by atoms with E-state index in [2.05, 4.69) is 10.00 Å². The molecular formula is C15H22N4O2. The summed E-state index contributed by atoms with van der Waals surface area (Å²) in [7, 11) is 0. The van der Waals surface area contributed by atoms with Crippen LogP contribution in [-0.2, 0) is 4.79 Å². The maximum absolute atomic E-state index is 11.8. The molecule has 2 atom stereocenters. The van der Waals surface area contributed by atoms with Gasteiger partial charge in [-0.2, -0.15) is 5.10 Å². The molecule has 2 aliphatic heterocycles. The standard InChI is InChI=1S/C15H22N4O2/c20-14-4-1-3-13(14)17-8-12(9-17)19-10-11(7-16-19)18-6-2-5-15(18)21/h7,10,12-14,20H,1-6,8-9H2. The van der Waals surface area contributed by atoms with Gasteiger partial charge in [0.2, 0.25) is 5.91 Å². The Morgan fingerprint density at radius 2 is 2.10 bits per heavy atom. The van der Waals surface area contributed by atoms with E-state index in [1.807, 2.05) is 15.8 Å². The van der Waals surface area contributed by atoms with Gasteiger partial charge in [0.05, 0.1) is 24.0 Å². The smallest absolute Gasteiger partial charge is 0.227 e. The van der Waals surface area contributed by atoms with Crippen molar-refractivity contribution in [1.82, 2.24) is 14.7 Å². The largest absolute Gasteiger partial charge is 0.391 e. The fourth-order valence-corrected chi connectivity index (χ4v) is 3.86. The first kappa shape index (κ1) is 13.3. The van der Waals surface area contributed by atoms with Gasteiger partial charge in [0.15, 0.2) is 0 Å². The average molecular weight is 290 g/mol. The van der Waals surface area contributed by atoms with Gasteiger partial charge in [-0.25, -0.2) is 0 Å². The molecule has 1 aromatic heterocycles. The number of aliphatic hydroxyl groups excluding tert-OH is 1. The van der Waals surface area contributed by atoms with E-state index < -0.39 is 0 Å². The van der Waals surface area contributed by atoms with E-state index in [0.717, 1.165) is 51.0 Å². The number of amides is 1. The van der Waals surface area contributed by atoms with Crippen LogP contribution in [0.5, 0.6) is 0 Å². The summed E-state index contributed by atoms with van der Waals surface area (Å²) in [5, 5.41) is 14.4. The maximum Gasteiger partial charge on any atom is 0.227 e. The number of aliphatic hydroxyl groups is 1. The Balaban J connectivity index is 1.38. The van der Waals surface area contributed by atoms with Crippen LogP contribution in [0.4, 0.5) is 5.69 Å². The molecule has 21 heavy (non-hydrogen) atoms. The Kier molecular flexibility index (Phi) is 3.23. The highest BCUT2D eigenvalue weighted by Crippen LogP contribution is 2.32. The molecule has 1 aliphatic carbocycles. The third-order valence-electron chi connectivity index (χ3n) is 5.15. The van der Waals surface area contributed by atoms with Gasteiger partial charge in [-0.15, -0.1) is 0 Å². The van der Waals surface area contributed by atoms with E-state index in [4.69, 9.17) is 0 Å². The van der Waals surface area contributed by atoms with Gasteiger partial charge in [0.1, 0.15) is 0 Å². The Labute approximate surface area is 124 Å². The van der Waals surface area contributed by atoms with Crippen LogP contribution in [0.3, 0.4) is 0 Å². The second kappa shape index (κ2) is 5.10. The fraction of sp³-hybridized carbons (Fsp3) is 0.733. The number of nitrogens with zero attached hydrogens (tertiary/aromatic N) is 4. The lowest BCUT2D eigenvalue weighted by Gasteiger charge is -2.44. The first-order valence-corrected chi connectivity index (χ1v) is 7.99. The average Bonchev–Trinajstić information content (AvgIpc) is 3.10. The third kappa shape index (κ3) is 2.26. The van der Waals surface area contributed by atoms with E-state index in [9.17, 15) is 9.90 Å². The van der Waals surface area contributed by atoms with E-state index >= 15 is 0 Å². The van der Waals surface area contributed by atoms with Crippen molar-refractivity contribution >= 4 is 11.6 Å². The van der Waals surface area contributed by atoms with Crippen LogP contribution in [0, 0.1) is 0 Å². The molecule has 3 aliphatic rings. The second-order valence-corrected chi connectivity index (χ2v) is 6.50. The topological polar surface area (TPSA) is 61.6 Å². The van der Waals surface area contributed by atoms with Crippen molar-refractivity contribution in [2.24, 2.45) is 0 Å². The Morgan fingerprint density at radius 3 is 2.76 bits per heavy atom. The molecule has 1 amide bonds. The number of rotatable bonds is 3. The molecule has 0 spiro atoms. The fourth-order valence-electron chi connectivity index (χ4n) is 3.86. The van der Waals surface area contributed by atoms with Crippen molar-refractivity contribution in [1.29, 1.82) is 0 Å². The molecule has 1 aromatic rings. The van der Waals surface area contributed by atoms with Crippen LogP contribution < -0.4 is 4.90 Å². The number of aromatic nitrogens is 2. The summed E-state index contributed by atoms with van der Waals surface area (Å²) in [6, 6.07) is 0.723. The molecule has 3 heterocycles. The van der Waals surface area contributed by atoms with Gasteiger partial charge in [-0.3, -0.25) is 14.4 Å². The van der Waals surface area contributed by atoms with Crippen LogP contribution in [0.15, 0.2) is 12.4 Å². The Bertz CT molecular complexity index is 538. The highest BCUT2D eigenvalue weighted by Gasteiger charge is 2.39. The van der Waals surface area contributed by atoms with Gasteiger partial charge in [0, 0.05) is 38.3 Å². The van der Waals surface area contributed by atoms with Crippen molar-refractivity contribution in [3.8, 4) is 0 Å². The highest BCUT2D eigenvalue weighted by molar-refractivity contribution is 5.95. The van der Waals surface area contributed by atoms with E-state index in [-0.39, 0.29) is 12.0 Å². The molecule has 6 nitrogen and oxygen atoms in total. The minimum Gasteiger partial charge on any atom is -0.391 e. The van der Waals surface area contributed by atoms with Crippen molar-refractivity contribution in [2.45, 2.75) is 50.3 Å². The zero-order valence-electron chi connectivity index (χ0n) is 12.2. The number of carbonyl (C=O) groups is 1. The molecular weight excluding hydrogens is 268 g/mol. The van der Waals surface area contributed by atoms with Gasteiger partial charge in [-0.05, 0) is 25.7 Å². The molecule has 3 fully saturated rings. The SMILES string of the molecule is O=C1CCCN1c1cnn(C2CN(C3CCCC3O)C2)c1. The van der Waals surface area contributed by atoms with Crippen LogP contribution in [0.25, 0.3) is 0 Å². The first-order valence-electron chi connectivity index (χ1n) is 7.99. The van der Waals surface area contributed by atoms with Crippen molar-refractivity contribution in [3.05, 3.63) is 12.4 Å². The lowest BCUT2D eigenvalue weighted by atomic mass is 10.0. The monoisotopic (exact) mass is 290 g/mol. The summed E-state index contributed by atoms with van der Waals surface area (Å²) in [6.45, 7) is 2.73. The minimum absolute atomic E-state index is 0.152. The summed E-state index contributed by atoms with van der Waals surface area (Å²) in [5.41, 5.74) is 0.928. The number of likely N-dealkylation sites (tertiary alicyclic amines) is 1. The molecule has 1 N–H and O–H groups in total. The normalized spacial score (nSPS) is 31.1. The van der Waals surface area contributed by atoms with Gasteiger partial charge in [-0.1, -0.05) is 0 Å². The summed E-state index contributed by atoms with van der Waals surface area (Å²) in [4.78, 5) is 16.0. The predicted molar refractivity (Wildman–Crippen MR) is 78.1 cm³/mol. The van der Waals surface area contributed by atoms with E-state index in [1.54, 1.807) is 6.20 Å². The lowest BCUT2D eigenvalue weighted by Crippen LogP contribution is -2.55. The number of hydrogen-bond donors (Lipinski definition) is 1. The maximum atomic E-state index is 11.8. The van der Waals surface area contributed by atoms with Crippen LogP contribution in [0.1, 0.15) is 38.1 Å². The van der Waals surface area contributed by atoms with Gasteiger partial charge in [0.25, 0.3) is 0 Å². The Morgan fingerprint density at radius 1 is 1.24 bits per heavy atom.